The van der Waals surface area contributed by atoms with Gasteiger partial charge in [0.1, 0.15) is 11.4 Å². The van der Waals surface area contributed by atoms with E-state index < -0.39 is 0 Å². The molecule has 3 aromatic rings. The predicted molar refractivity (Wildman–Crippen MR) is 122 cm³/mol. The van der Waals surface area contributed by atoms with Gasteiger partial charge in [0.25, 0.3) is 11.1 Å². The monoisotopic (exact) mass is 433 g/mol. The summed E-state index contributed by atoms with van der Waals surface area (Å²) < 4.78 is 7.39. The molecule has 0 unspecified atom stereocenters. The van der Waals surface area contributed by atoms with E-state index in [1.54, 1.807) is 55.7 Å². The van der Waals surface area contributed by atoms with Crippen molar-refractivity contribution in [3.63, 3.8) is 0 Å². The summed E-state index contributed by atoms with van der Waals surface area (Å²) in [6.45, 7) is 3.82. The number of nitroso groups, excluding NO2 is 1. The molecule has 1 fully saturated rings. The Kier molecular flexibility index (Phi) is 5.48. The Morgan fingerprint density at radius 3 is 2.45 bits per heavy atom. The van der Waals surface area contributed by atoms with Gasteiger partial charge >= 0.3 is 0 Å². The third-order valence-electron chi connectivity index (χ3n) is 5.07. The van der Waals surface area contributed by atoms with Crippen LogP contribution < -0.4 is 9.64 Å². The first kappa shape index (κ1) is 20.6. The molecule has 0 spiro atoms. The molecule has 0 saturated carbocycles. The Morgan fingerprint density at radius 2 is 1.77 bits per heavy atom. The SMILES string of the molecule is COc1ccc(N=O)cc1-n1c(C)cc(C=C2SC(=O)N(c3ccccc3)C2=O)c1C. The van der Waals surface area contributed by atoms with Crippen LogP contribution in [0.2, 0.25) is 0 Å². The summed E-state index contributed by atoms with van der Waals surface area (Å²) in [6.07, 6.45) is 1.72. The van der Waals surface area contributed by atoms with Crippen molar-refractivity contribution >= 4 is 40.4 Å². The number of aromatic nitrogens is 1. The highest BCUT2D eigenvalue weighted by atomic mass is 32.2. The van der Waals surface area contributed by atoms with E-state index in [4.69, 9.17) is 4.74 Å². The first-order valence-corrected chi connectivity index (χ1v) is 10.3. The van der Waals surface area contributed by atoms with Crippen molar-refractivity contribution in [1.29, 1.82) is 0 Å². The van der Waals surface area contributed by atoms with E-state index in [0.717, 1.165) is 28.7 Å². The molecule has 8 heteroatoms. The van der Waals surface area contributed by atoms with Crippen LogP contribution in [0, 0.1) is 18.8 Å². The van der Waals surface area contributed by atoms with Crippen molar-refractivity contribution in [3.05, 3.63) is 81.4 Å². The van der Waals surface area contributed by atoms with Crippen molar-refractivity contribution in [3.8, 4) is 11.4 Å². The quantitative estimate of drug-likeness (QED) is 0.378. The Morgan fingerprint density at radius 1 is 1.03 bits per heavy atom. The van der Waals surface area contributed by atoms with Crippen molar-refractivity contribution in [2.24, 2.45) is 5.18 Å². The van der Waals surface area contributed by atoms with Gasteiger partial charge in [-0.2, -0.15) is 0 Å². The number of methoxy groups -OCH3 is 1. The van der Waals surface area contributed by atoms with E-state index in [1.165, 1.54) is 4.90 Å². The van der Waals surface area contributed by atoms with Gasteiger partial charge in [-0.25, -0.2) is 4.90 Å². The molecule has 1 aromatic heterocycles. The molecule has 0 aliphatic carbocycles. The molecule has 2 amide bonds. The van der Waals surface area contributed by atoms with Crippen LogP contribution in [-0.4, -0.2) is 22.8 Å². The number of benzene rings is 2. The van der Waals surface area contributed by atoms with Gasteiger partial charge in [-0.05, 0) is 78.8 Å². The normalized spacial score (nSPS) is 15.1. The number of hydrogen-bond donors (Lipinski definition) is 0. The maximum Gasteiger partial charge on any atom is 0.298 e. The second-order valence-electron chi connectivity index (χ2n) is 6.96. The number of para-hydroxylation sites is 1. The summed E-state index contributed by atoms with van der Waals surface area (Å²) in [4.78, 5) is 38.0. The van der Waals surface area contributed by atoms with Crippen LogP contribution in [0.1, 0.15) is 17.0 Å². The number of anilines is 1. The van der Waals surface area contributed by atoms with E-state index >= 15 is 0 Å². The third kappa shape index (κ3) is 3.66. The van der Waals surface area contributed by atoms with Crippen molar-refractivity contribution in [1.82, 2.24) is 4.57 Å². The van der Waals surface area contributed by atoms with Gasteiger partial charge in [-0.1, -0.05) is 18.2 Å². The van der Waals surface area contributed by atoms with Crippen LogP contribution in [0.4, 0.5) is 16.2 Å². The second kappa shape index (κ2) is 8.23. The summed E-state index contributed by atoms with van der Waals surface area (Å²) >= 11 is 0.913. The lowest BCUT2D eigenvalue weighted by atomic mass is 10.2. The molecule has 2 aromatic carbocycles. The van der Waals surface area contributed by atoms with Crippen molar-refractivity contribution in [2.75, 3.05) is 12.0 Å². The number of thioether (sulfide) groups is 1. The van der Waals surface area contributed by atoms with Crippen LogP contribution >= 0.6 is 11.8 Å². The number of hydrogen-bond acceptors (Lipinski definition) is 6. The summed E-state index contributed by atoms with van der Waals surface area (Å²) in [5.74, 6) is 0.237. The van der Waals surface area contributed by atoms with Gasteiger partial charge in [0.15, 0.2) is 0 Å². The minimum Gasteiger partial charge on any atom is -0.495 e. The summed E-state index contributed by atoms with van der Waals surface area (Å²) in [5, 5.41) is 2.68. The Labute approximate surface area is 183 Å². The number of nitrogens with zero attached hydrogens (tertiary/aromatic N) is 3. The molecule has 31 heavy (non-hydrogen) atoms. The molecule has 0 atom stereocenters. The Balaban J connectivity index is 1.75. The minimum absolute atomic E-state index is 0.286. The zero-order valence-electron chi connectivity index (χ0n) is 17.2. The fourth-order valence-electron chi connectivity index (χ4n) is 3.62. The van der Waals surface area contributed by atoms with E-state index in [-0.39, 0.29) is 16.8 Å². The largest absolute Gasteiger partial charge is 0.495 e. The van der Waals surface area contributed by atoms with Gasteiger partial charge in [0.2, 0.25) is 0 Å². The summed E-state index contributed by atoms with van der Waals surface area (Å²) in [5.41, 5.74) is 4.02. The molecule has 1 saturated heterocycles. The number of amides is 2. The zero-order valence-corrected chi connectivity index (χ0v) is 18.0. The first-order chi connectivity index (χ1) is 14.9. The summed E-state index contributed by atoms with van der Waals surface area (Å²) in [6, 6.07) is 15.7. The van der Waals surface area contributed by atoms with Crippen LogP contribution in [0.25, 0.3) is 11.8 Å². The zero-order chi connectivity index (χ0) is 22.1. The second-order valence-corrected chi connectivity index (χ2v) is 7.96. The number of aryl methyl sites for hydroxylation is 1. The Bertz CT molecular complexity index is 1230. The molecular weight excluding hydrogens is 414 g/mol. The average molecular weight is 433 g/mol. The van der Waals surface area contributed by atoms with Gasteiger partial charge < -0.3 is 9.30 Å². The highest BCUT2D eigenvalue weighted by Crippen LogP contribution is 2.37. The van der Waals surface area contributed by atoms with E-state index in [0.29, 0.717) is 22.0 Å². The molecule has 156 valence electrons. The molecule has 0 N–H and O–H groups in total. The van der Waals surface area contributed by atoms with E-state index in [1.807, 2.05) is 30.5 Å². The van der Waals surface area contributed by atoms with E-state index in [9.17, 15) is 14.5 Å². The molecule has 4 rings (SSSR count). The number of imide groups is 1. The number of carbonyl (C=O) groups is 2. The Hall–Kier alpha value is -3.65. The molecule has 7 nitrogen and oxygen atoms in total. The molecule has 2 heterocycles. The maximum atomic E-state index is 12.9. The third-order valence-corrected chi connectivity index (χ3v) is 5.94. The van der Waals surface area contributed by atoms with Crippen LogP contribution in [0.5, 0.6) is 5.75 Å². The van der Waals surface area contributed by atoms with Crippen molar-refractivity contribution in [2.45, 2.75) is 13.8 Å². The molecule has 1 aliphatic heterocycles. The van der Waals surface area contributed by atoms with Gasteiger partial charge in [0.05, 0.1) is 23.4 Å². The van der Waals surface area contributed by atoms with Crippen LogP contribution in [0.15, 0.2) is 64.7 Å². The predicted octanol–water partition coefficient (Wildman–Crippen LogP) is 5.74. The fourth-order valence-corrected chi connectivity index (χ4v) is 4.46. The lowest BCUT2D eigenvalue weighted by molar-refractivity contribution is -0.113. The van der Waals surface area contributed by atoms with E-state index in [2.05, 4.69) is 5.18 Å². The lowest BCUT2D eigenvalue weighted by Gasteiger charge is -2.14. The maximum absolute atomic E-state index is 12.9. The van der Waals surface area contributed by atoms with Gasteiger partial charge in [-0.3, -0.25) is 9.59 Å². The highest BCUT2D eigenvalue weighted by Gasteiger charge is 2.36. The molecule has 0 radical (unpaired) electrons. The highest BCUT2D eigenvalue weighted by molar-refractivity contribution is 8.19. The van der Waals surface area contributed by atoms with Gasteiger partial charge in [-0.15, -0.1) is 4.91 Å². The number of ether oxygens (including phenoxy) is 1. The van der Waals surface area contributed by atoms with Crippen LogP contribution in [0.3, 0.4) is 0 Å². The van der Waals surface area contributed by atoms with Gasteiger partial charge in [0, 0.05) is 11.4 Å². The molecular formula is C23H19N3O4S. The molecule has 0 bridgehead atoms. The topological polar surface area (TPSA) is 81.0 Å². The van der Waals surface area contributed by atoms with Crippen LogP contribution in [-0.2, 0) is 4.79 Å². The summed E-state index contributed by atoms with van der Waals surface area (Å²) in [7, 11) is 1.56. The lowest BCUT2D eigenvalue weighted by Crippen LogP contribution is -2.27. The molecule has 1 aliphatic rings. The average Bonchev–Trinajstić information content (AvgIpc) is 3.22. The first-order valence-electron chi connectivity index (χ1n) is 9.48. The fraction of sp³-hybridized carbons (Fsp3) is 0.130. The minimum atomic E-state index is -0.351. The number of carbonyl (C=O) groups excluding carboxylic acids is 2. The van der Waals surface area contributed by atoms with Crippen molar-refractivity contribution < 1.29 is 14.3 Å². The standard InChI is InChI=1S/C23H19N3O4S/c1-14-11-16(15(2)25(14)19-13-17(24-29)9-10-20(19)30-3)12-21-22(27)26(23(28)31-21)18-7-5-4-6-8-18/h4-13H,1-3H3. The smallest absolute Gasteiger partial charge is 0.298 e. The number of rotatable bonds is 5.